The maximum atomic E-state index is 12.9. The van der Waals surface area contributed by atoms with Gasteiger partial charge in [0, 0.05) is 12.0 Å². The van der Waals surface area contributed by atoms with Gasteiger partial charge in [0.1, 0.15) is 6.17 Å². The molecule has 76 valence electrons. The van der Waals surface area contributed by atoms with Crippen LogP contribution < -0.4 is 5.73 Å². The average molecular weight is 193 g/mol. The van der Waals surface area contributed by atoms with Gasteiger partial charge in [-0.25, -0.2) is 4.39 Å². The van der Waals surface area contributed by atoms with Crippen LogP contribution in [-0.4, -0.2) is 6.17 Å². The van der Waals surface area contributed by atoms with Gasteiger partial charge >= 0.3 is 0 Å². The Morgan fingerprint density at radius 3 is 2.64 bits per heavy atom. The molecule has 0 radical (unpaired) electrons. The fraction of sp³-hybridized carbons (Fsp3) is 0.500. The van der Waals surface area contributed by atoms with Crippen LogP contribution in [0.2, 0.25) is 0 Å². The van der Waals surface area contributed by atoms with Gasteiger partial charge in [-0.15, -0.1) is 0 Å². The van der Waals surface area contributed by atoms with E-state index < -0.39 is 6.17 Å². The fourth-order valence-electron chi connectivity index (χ4n) is 1.89. The van der Waals surface area contributed by atoms with Crippen LogP contribution >= 0.6 is 0 Å². The van der Waals surface area contributed by atoms with Gasteiger partial charge in [-0.05, 0) is 30.9 Å². The van der Waals surface area contributed by atoms with E-state index in [2.05, 4.69) is 0 Å². The molecule has 0 aromatic heterocycles. The molecule has 14 heavy (non-hydrogen) atoms. The summed E-state index contributed by atoms with van der Waals surface area (Å²) < 4.78 is 12.9. The molecule has 2 rings (SSSR count). The summed E-state index contributed by atoms with van der Waals surface area (Å²) in [6, 6.07) is 7.95. The van der Waals surface area contributed by atoms with E-state index in [1.54, 1.807) is 6.92 Å². The summed E-state index contributed by atoms with van der Waals surface area (Å²) in [5.41, 5.74) is 8.19. The van der Waals surface area contributed by atoms with Gasteiger partial charge in [0.05, 0.1) is 0 Å². The van der Waals surface area contributed by atoms with Gasteiger partial charge in [-0.2, -0.15) is 0 Å². The predicted molar refractivity (Wildman–Crippen MR) is 55.8 cm³/mol. The van der Waals surface area contributed by atoms with Crippen LogP contribution in [0.15, 0.2) is 24.3 Å². The number of rotatable bonds is 3. The lowest BCUT2D eigenvalue weighted by molar-refractivity contribution is 0.359. The first kappa shape index (κ1) is 9.66. The Labute approximate surface area is 84.1 Å². The van der Waals surface area contributed by atoms with Crippen molar-refractivity contribution in [2.75, 3.05) is 0 Å². The smallest absolute Gasteiger partial charge is 0.101 e. The van der Waals surface area contributed by atoms with Crippen molar-refractivity contribution in [3.63, 3.8) is 0 Å². The maximum Gasteiger partial charge on any atom is 0.101 e. The topological polar surface area (TPSA) is 26.0 Å². The zero-order valence-electron chi connectivity index (χ0n) is 8.46. The van der Waals surface area contributed by atoms with Gasteiger partial charge < -0.3 is 5.73 Å². The van der Waals surface area contributed by atoms with Crippen molar-refractivity contribution in [3.8, 4) is 0 Å². The van der Waals surface area contributed by atoms with E-state index in [4.69, 9.17) is 5.73 Å². The fourth-order valence-corrected chi connectivity index (χ4v) is 1.89. The molecule has 1 nitrogen and oxygen atoms in total. The van der Waals surface area contributed by atoms with Crippen molar-refractivity contribution < 1.29 is 4.39 Å². The molecule has 1 fully saturated rings. The van der Waals surface area contributed by atoms with Gasteiger partial charge in [0.25, 0.3) is 0 Å². The van der Waals surface area contributed by atoms with Crippen molar-refractivity contribution in [2.45, 2.75) is 37.9 Å². The van der Waals surface area contributed by atoms with Gasteiger partial charge in [-0.1, -0.05) is 24.3 Å². The summed E-state index contributed by atoms with van der Waals surface area (Å²) in [6.07, 6.45) is 1.75. The molecule has 1 aromatic carbocycles. The Hall–Kier alpha value is -0.890. The summed E-state index contributed by atoms with van der Waals surface area (Å²) in [5, 5.41) is 0. The first-order valence-electron chi connectivity index (χ1n) is 5.13. The molecule has 0 saturated heterocycles. The number of nitrogens with two attached hydrogens (primary N) is 1. The lowest BCUT2D eigenvalue weighted by Gasteiger charge is -2.15. The number of hydrogen-bond acceptors (Lipinski definition) is 1. The molecular formula is C12H16FN. The summed E-state index contributed by atoms with van der Waals surface area (Å²) in [6.45, 7) is 1.59. The summed E-state index contributed by atoms with van der Waals surface area (Å²) in [5.74, 6) is 0. The molecule has 1 unspecified atom stereocenters. The second kappa shape index (κ2) is 3.35. The van der Waals surface area contributed by atoms with E-state index in [-0.39, 0.29) is 5.54 Å². The zero-order chi connectivity index (χ0) is 10.2. The molecule has 0 amide bonds. The highest BCUT2D eigenvalue weighted by molar-refractivity contribution is 5.37. The maximum absolute atomic E-state index is 12.9. The molecule has 2 heteroatoms. The summed E-state index contributed by atoms with van der Waals surface area (Å²) in [7, 11) is 0. The van der Waals surface area contributed by atoms with Crippen molar-refractivity contribution in [1.82, 2.24) is 0 Å². The SMILES string of the molecule is CC(F)Cc1ccccc1C1(N)CC1. The molecule has 1 aliphatic carbocycles. The van der Waals surface area contributed by atoms with Crippen LogP contribution in [0.25, 0.3) is 0 Å². The van der Waals surface area contributed by atoms with Gasteiger partial charge in [0.15, 0.2) is 0 Å². The lowest BCUT2D eigenvalue weighted by Crippen LogP contribution is -2.21. The van der Waals surface area contributed by atoms with Crippen LogP contribution in [0, 0.1) is 0 Å². The van der Waals surface area contributed by atoms with E-state index in [0.717, 1.165) is 24.0 Å². The molecular weight excluding hydrogens is 177 g/mol. The highest BCUT2D eigenvalue weighted by atomic mass is 19.1. The Morgan fingerprint density at radius 1 is 1.43 bits per heavy atom. The molecule has 2 N–H and O–H groups in total. The van der Waals surface area contributed by atoms with Crippen molar-refractivity contribution >= 4 is 0 Å². The van der Waals surface area contributed by atoms with E-state index in [1.807, 2.05) is 24.3 Å². The predicted octanol–water partition coefficient (Wildman–Crippen LogP) is 2.53. The highest BCUT2D eigenvalue weighted by Gasteiger charge is 2.41. The summed E-state index contributed by atoms with van der Waals surface area (Å²) in [4.78, 5) is 0. The van der Waals surface area contributed by atoms with Crippen molar-refractivity contribution in [3.05, 3.63) is 35.4 Å². The third-order valence-corrected chi connectivity index (χ3v) is 2.84. The molecule has 0 spiro atoms. The standard InChI is InChI=1S/C12H16FN/c1-9(13)8-10-4-2-3-5-11(10)12(14)6-7-12/h2-5,9H,6-8,14H2,1H3. The lowest BCUT2D eigenvalue weighted by atomic mass is 9.96. The minimum absolute atomic E-state index is 0.147. The molecule has 0 bridgehead atoms. The molecule has 1 atom stereocenters. The number of halogens is 1. The monoisotopic (exact) mass is 193 g/mol. The number of hydrogen-bond donors (Lipinski definition) is 1. The largest absolute Gasteiger partial charge is 0.321 e. The summed E-state index contributed by atoms with van der Waals surface area (Å²) >= 11 is 0. The first-order chi connectivity index (χ1) is 6.62. The number of alkyl halides is 1. The van der Waals surface area contributed by atoms with E-state index in [9.17, 15) is 4.39 Å². The Morgan fingerprint density at radius 2 is 2.07 bits per heavy atom. The van der Waals surface area contributed by atoms with Crippen LogP contribution in [-0.2, 0) is 12.0 Å². The normalized spacial score (nSPS) is 20.5. The molecule has 1 saturated carbocycles. The second-order valence-electron chi connectivity index (χ2n) is 4.30. The van der Waals surface area contributed by atoms with Crippen molar-refractivity contribution in [1.29, 1.82) is 0 Å². The molecule has 1 aliphatic rings. The third kappa shape index (κ3) is 1.80. The Balaban J connectivity index is 2.29. The van der Waals surface area contributed by atoms with Crippen LogP contribution in [0.5, 0.6) is 0 Å². The second-order valence-corrected chi connectivity index (χ2v) is 4.30. The minimum atomic E-state index is -0.793. The average Bonchev–Trinajstić information content (AvgIpc) is 2.84. The minimum Gasteiger partial charge on any atom is -0.321 e. The van der Waals surface area contributed by atoms with Crippen molar-refractivity contribution in [2.24, 2.45) is 5.73 Å². The highest BCUT2D eigenvalue weighted by Crippen LogP contribution is 2.44. The number of benzene rings is 1. The molecule has 0 heterocycles. The molecule has 0 aliphatic heterocycles. The van der Waals surface area contributed by atoms with Crippen LogP contribution in [0.3, 0.4) is 0 Å². The zero-order valence-corrected chi connectivity index (χ0v) is 8.46. The van der Waals surface area contributed by atoms with E-state index >= 15 is 0 Å². The first-order valence-corrected chi connectivity index (χ1v) is 5.13. The van der Waals surface area contributed by atoms with Gasteiger partial charge in [0.2, 0.25) is 0 Å². The van der Waals surface area contributed by atoms with Crippen LogP contribution in [0.1, 0.15) is 30.9 Å². The third-order valence-electron chi connectivity index (χ3n) is 2.84. The van der Waals surface area contributed by atoms with Gasteiger partial charge in [-0.3, -0.25) is 0 Å². The van der Waals surface area contributed by atoms with E-state index in [0.29, 0.717) is 6.42 Å². The Kier molecular flexibility index (Phi) is 2.31. The quantitative estimate of drug-likeness (QED) is 0.784. The van der Waals surface area contributed by atoms with E-state index in [1.165, 1.54) is 0 Å². The van der Waals surface area contributed by atoms with Crippen LogP contribution in [0.4, 0.5) is 4.39 Å². The Bertz CT molecular complexity index is 329. The molecule has 1 aromatic rings.